The maximum Gasteiger partial charge on any atom is 0.326 e. The van der Waals surface area contributed by atoms with Crippen LogP contribution in [0, 0.1) is 0 Å². The van der Waals surface area contributed by atoms with Crippen molar-refractivity contribution >= 4 is 50.5 Å². The molecule has 1 saturated heterocycles. The molecule has 1 aromatic rings. The minimum absolute atomic E-state index is 0.114. The van der Waals surface area contributed by atoms with E-state index in [2.05, 4.69) is 21.2 Å². The highest BCUT2D eigenvalue weighted by molar-refractivity contribution is 9.10. The van der Waals surface area contributed by atoms with Crippen LogP contribution in [0.5, 0.6) is 0 Å². The topological polar surface area (TPSA) is 75.7 Å². The summed E-state index contributed by atoms with van der Waals surface area (Å²) in [6.07, 6.45) is 0. The van der Waals surface area contributed by atoms with E-state index in [9.17, 15) is 14.4 Å². The van der Waals surface area contributed by atoms with Gasteiger partial charge in [-0.3, -0.25) is 14.4 Å². The molecule has 0 aliphatic carbocycles. The van der Waals surface area contributed by atoms with Gasteiger partial charge >= 0.3 is 5.97 Å². The molecule has 2 rings (SSSR count). The number of anilines is 1. The first-order chi connectivity index (χ1) is 10.0. The van der Waals surface area contributed by atoms with Gasteiger partial charge in [0.15, 0.2) is 6.61 Å². The van der Waals surface area contributed by atoms with Crippen LogP contribution in [-0.4, -0.2) is 47.5 Å². The fourth-order valence-corrected chi connectivity index (χ4v) is 2.74. The highest BCUT2D eigenvalue weighted by Gasteiger charge is 2.24. The van der Waals surface area contributed by atoms with Gasteiger partial charge in [0, 0.05) is 22.5 Å². The van der Waals surface area contributed by atoms with Crippen molar-refractivity contribution in [1.82, 2.24) is 4.90 Å². The van der Waals surface area contributed by atoms with Gasteiger partial charge in [-0.2, -0.15) is 0 Å². The predicted molar refractivity (Wildman–Crippen MR) is 83.2 cm³/mol. The van der Waals surface area contributed by atoms with E-state index < -0.39 is 11.9 Å². The lowest BCUT2D eigenvalue weighted by Gasteiger charge is -2.13. The number of benzene rings is 1. The molecular weight excluding hydrogens is 360 g/mol. The second kappa shape index (κ2) is 7.46. The third kappa shape index (κ3) is 5.05. The summed E-state index contributed by atoms with van der Waals surface area (Å²) in [5.41, 5.74) is 0.616. The van der Waals surface area contributed by atoms with Gasteiger partial charge in [0.2, 0.25) is 0 Å². The molecule has 0 unspecified atom stereocenters. The van der Waals surface area contributed by atoms with Crippen molar-refractivity contribution in [2.24, 2.45) is 0 Å². The highest BCUT2D eigenvalue weighted by atomic mass is 79.9. The number of thioether (sulfide) groups is 1. The zero-order valence-electron chi connectivity index (χ0n) is 11.0. The molecule has 8 heteroatoms. The molecule has 0 saturated carbocycles. The Balaban J connectivity index is 1.72. The molecule has 1 heterocycles. The zero-order chi connectivity index (χ0) is 15.2. The Kier molecular flexibility index (Phi) is 5.63. The number of rotatable bonds is 5. The Morgan fingerprint density at radius 2 is 2.05 bits per heavy atom. The lowest BCUT2D eigenvalue weighted by Crippen LogP contribution is -2.32. The summed E-state index contributed by atoms with van der Waals surface area (Å²) in [6.45, 7) is 0.0468. The summed E-state index contributed by atoms with van der Waals surface area (Å²) >= 11 is 4.46. The SMILES string of the molecule is O=C(COC(=O)CN1CCSC1=O)Nc1ccc(Br)cc1. The van der Waals surface area contributed by atoms with Crippen molar-refractivity contribution in [3.8, 4) is 0 Å². The van der Waals surface area contributed by atoms with Crippen LogP contribution in [0.15, 0.2) is 28.7 Å². The summed E-state index contributed by atoms with van der Waals surface area (Å²) in [6, 6.07) is 7.03. The molecule has 0 atom stereocenters. The number of ether oxygens (including phenoxy) is 1. The third-order valence-corrected chi connectivity index (χ3v) is 4.08. The molecule has 0 spiro atoms. The summed E-state index contributed by atoms with van der Waals surface area (Å²) in [4.78, 5) is 35.9. The normalized spacial score (nSPS) is 14.1. The molecule has 1 aliphatic heterocycles. The van der Waals surface area contributed by atoms with E-state index >= 15 is 0 Å². The van der Waals surface area contributed by atoms with Crippen LogP contribution in [0.1, 0.15) is 0 Å². The van der Waals surface area contributed by atoms with E-state index in [0.29, 0.717) is 18.0 Å². The van der Waals surface area contributed by atoms with E-state index in [1.54, 1.807) is 24.3 Å². The average Bonchev–Trinajstić information content (AvgIpc) is 2.85. The second-order valence-corrected chi connectivity index (χ2v) is 6.21. The van der Waals surface area contributed by atoms with E-state index in [1.807, 2.05) is 0 Å². The number of amides is 2. The molecule has 1 aliphatic rings. The van der Waals surface area contributed by atoms with Gasteiger partial charge in [0.1, 0.15) is 6.54 Å². The molecule has 112 valence electrons. The van der Waals surface area contributed by atoms with Crippen LogP contribution in [0.4, 0.5) is 10.5 Å². The summed E-state index contributed by atoms with van der Waals surface area (Å²) in [5, 5.41) is 2.47. The van der Waals surface area contributed by atoms with Crippen molar-refractivity contribution in [3.05, 3.63) is 28.7 Å². The van der Waals surface area contributed by atoms with Gasteiger partial charge < -0.3 is 15.0 Å². The first-order valence-electron chi connectivity index (χ1n) is 6.17. The fraction of sp³-hybridized carbons (Fsp3) is 0.308. The molecule has 6 nitrogen and oxygen atoms in total. The van der Waals surface area contributed by atoms with Gasteiger partial charge in [0.05, 0.1) is 0 Å². The molecule has 0 bridgehead atoms. The van der Waals surface area contributed by atoms with Crippen molar-refractivity contribution in [2.75, 3.05) is 30.8 Å². The lowest BCUT2D eigenvalue weighted by atomic mass is 10.3. The average molecular weight is 373 g/mol. The molecule has 0 aromatic heterocycles. The molecular formula is C13H13BrN2O4S. The minimum atomic E-state index is -0.586. The smallest absolute Gasteiger partial charge is 0.326 e. The first-order valence-corrected chi connectivity index (χ1v) is 7.95. The molecule has 0 radical (unpaired) electrons. The number of nitrogens with zero attached hydrogens (tertiary/aromatic N) is 1. The van der Waals surface area contributed by atoms with Crippen LogP contribution in [0.2, 0.25) is 0 Å². The van der Waals surface area contributed by atoms with Gasteiger partial charge in [-0.15, -0.1) is 0 Å². The molecule has 2 amide bonds. The maximum absolute atomic E-state index is 11.6. The first kappa shape index (κ1) is 15.8. The van der Waals surface area contributed by atoms with Crippen LogP contribution >= 0.6 is 27.7 Å². The number of halogens is 1. The minimum Gasteiger partial charge on any atom is -0.454 e. The van der Waals surface area contributed by atoms with Crippen LogP contribution < -0.4 is 5.32 Å². The summed E-state index contributed by atoms with van der Waals surface area (Å²) in [5.74, 6) is -0.333. The Morgan fingerprint density at radius 1 is 1.33 bits per heavy atom. The third-order valence-electron chi connectivity index (χ3n) is 2.66. The predicted octanol–water partition coefficient (Wildman–Crippen LogP) is 2.10. The van der Waals surface area contributed by atoms with Crippen molar-refractivity contribution < 1.29 is 19.1 Å². The number of nitrogens with one attached hydrogen (secondary N) is 1. The number of hydrogen-bond acceptors (Lipinski definition) is 5. The Hall–Kier alpha value is -1.54. The van der Waals surface area contributed by atoms with Crippen molar-refractivity contribution in [2.45, 2.75) is 0 Å². The number of carbonyl (C=O) groups excluding carboxylic acids is 3. The standard InChI is InChI=1S/C13H13BrN2O4S/c14-9-1-3-10(4-2-9)15-11(17)8-20-12(18)7-16-5-6-21-13(16)19/h1-4H,5-8H2,(H,15,17). The second-order valence-electron chi connectivity index (χ2n) is 4.25. The number of hydrogen-bond donors (Lipinski definition) is 1. The Morgan fingerprint density at radius 3 is 2.67 bits per heavy atom. The van der Waals surface area contributed by atoms with Gasteiger partial charge in [-0.25, -0.2) is 0 Å². The molecule has 1 fully saturated rings. The zero-order valence-corrected chi connectivity index (χ0v) is 13.4. The Labute approximate surface area is 134 Å². The van der Waals surface area contributed by atoms with Gasteiger partial charge in [-0.1, -0.05) is 27.7 Å². The lowest BCUT2D eigenvalue weighted by molar-refractivity contribution is -0.147. The fourth-order valence-electron chi connectivity index (χ4n) is 1.65. The quantitative estimate of drug-likeness (QED) is 0.800. The largest absolute Gasteiger partial charge is 0.454 e. The van der Waals surface area contributed by atoms with Crippen LogP contribution in [0.25, 0.3) is 0 Å². The molecule has 21 heavy (non-hydrogen) atoms. The maximum atomic E-state index is 11.6. The number of esters is 1. The van der Waals surface area contributed by atoms with E-state index in [0.717, 1.165) is 4.47 Å². The van der Waals surface area contributed by atoms with E-state index in [1.165, 1.54) is 16.7 Å². The Bertz CT molecular complexity index is 550. The van der Waals surface area contributed by atoms with Gasteiger partial charge in [0.25, 0.3) is 11.1 Å². The summed E-state index contributed by atoms with van der Waals surface area (Å²) < 4.78 is 5.75. The highest BCUT2D eigenvalue weighted by Crippen LogP contribution is 2.16. The van der Waals surface area contributed by atoms with Crippen molar-refractivity contribution in [1.29, 1.82) is 0 Å². The summed E-state index contributed by atoms with van der Waals surface area (Å²) in [7, 11) is 0. The number of carbonyl (C=O) groups is 3. The van der Waals surface area contributed by atoms with E-state index in [4.69, 9.17) is 4.74 Å². The molecule has 1 aromatic carbocycles. The van der Waals surface area contributed by atoms with E-state index in [-0.39, 0.29) is 18.4 Å². The van der Waals surface area contributed by atoms with Crippen molar-refractivity contribution in [3.63, 3.8) is 0 Å². The molecule has 1 N–H and O–H groups in total. The van der Waals surface area contributed by atoms with Crippen LogP contribution in [0.3, 0.4) is 0 Å². The van der Waals surface area contributed by atoms with Crippen LogP contribution in [-0.2, 0) is 14.3 Å². The monoisotopic (exact) mass is 372 g/mol. The van der Waals surface area contributed by atoms with Gasteiger partial charge in [-0.05, 0) is 24.3 Å².